The average molecular weight is 373 g/mol. The molecule has 1 atom stereocenters. The largest absolute Gasteiger partial charge is 0.486 e. The Morgan fingerprint density at radius 2 is 1.96 bits per heavy atom. The Labute approximate surface area is 162 Å². The summed E-state index contributed by atoms with van der Waals surface area (Å²) >= 11 is 0. The summed E-state index contributed by atoms with van der Waals surface area (Å²) in [5, 5.41) is 0. The SMILES string of the molecule is CCOC(=O)N1CCC2(CC1)CC(=NC(C)C(C)(C)C)c1ccccc1O2. The van der Waals surface area contributed by atoms with Gasteiger partial charge in [-0.1, -0.05) is 32.9 Å². The van der Waals surface area contributed by atoms with Crippen LogP contribution in [-0.2, 0) is 4.74 Å². The van der Waals surface area contributed by atoms with Crippen molar-refractivity contribution >= 4 is 11.8 Å². The van der Waals surface area contributed by atoms with Crippen LogP contribution in [0.25, 0.3) is 0 Å². The third-order valence-electron chi connectivity index (χ3n) is 5.82. The molecular weight excluding hydrogens is 340 g/mol. The van der Waals surface area contributed by atoms with Crippen LogP contribution in [0.1, 0.15) is 59.4 Å². The lowest BCUT2D eigenvalue weighted by atomic mass is 9.81. The number of carbonyl (C=O) groups excluding carboxylic acids is 1. The van der Waals surface area contributed by atoms with Crippen molar-refractivity contribution in [3.63, 3.8) is 0 Å². The fraction of sp³-hybridized carbons (Fsp3) is 0.636. The number of piperidine rings is 1. The molecule has 0 aromatic heterocycles. The Bertz CT molecular complexity index is 713. The summed E-state index contributed by atoms with van der Waals surface area (Å²) in [6.45, 7) is 12.4. The van der Waals surface area contributed by atoms with Crippen LogP contribution in [0.5, 0.6) is 5.75 Å². The molecule has 1 unspecified atom stereocenters. The summed E-state index contributed by atoms with van der Waals surface area (Å²) in [5.74, 6) is 0.910. The highest BCUT2D eigenvalue weighted by Gasteiger charge is 2.43. The molecule has 0 aliphatic carbocycles. The maximum absolute atomic E-state index is 12.0. The Morgan fingerprint density at radius 3 is 2.59 bits per heavy atom. The number of likely N-dealkylation sites (tertiary alicyclic amines) is 1. The van der Waals surface area contributed by atoms with Crippen molar-refractivity contribution in [1.29, 1.82) is 0 Å². The minimum absolute atomic E-state index is 0.112. The molecule has 1 aromatic carbocycles. The van der Waals surface area contributed by atoms with Crippen molar-refractivity contribution in [2.24, 2.45) is 10.4 Å². The number of para-hydroxylation sites is 1. The first-order chi connectivity index (χ1) is 12.7. The topological polar surface area (TPSA) is 51.1 Å². The van der Waals surface area contributed by atoms with Crippen molar-refractivity contribution in [1.82, 2.24) is 4.90 Å². The summed E-state index contributed by atoms with van der Waals surface area (Å²) < 4.78 is 11.6. The van der Waals surface area contributed by atoms with Gasteiger partial charge in [0.2, 0.25) is 0 Å². The zero-order valence-electron chi connectivity index (χ0n) is 17.2. The summed E-state index contributed by atoms with van der Waals surface area (Å²) in [6, 6.07) is 8.41. The molecule has 0 N–H and O–H groups in total. The van der Waals surface area contributed by atoms with Crippen LogP contribution in [0, 0.1) is 5.41 Å². The van der Waals surface area contributed by atoms with E-state index in [4.69, 9.17) is 14.5 Å². The molecule has 1 aromatic rings. The molecule has 27 heavy (non-hydrogen) atoms. The van der Waals surface area contributed by atoms with Gasteiger partial charge in [-0.3, -0.25) is 4.99 Å². The zero-order valence-corrected chi connectivity index (χ0v) is 17.2. The van der Waals surface area contributed by atoms with Gasteiger partial charge in [-0.15, -0.1) is 0 Å². The van der Waals surface area contributed by atoms with Gasteiger partial charge in [0.15, 0.2) is 0 Å². The van der Waals surface area contributed by atoms with E-state index in [0.29, 0.717) is 19.7 Å². The summed E-state index contributed by atoms with van der Waals surface area (Å²) in [7, 11) is 0. The van der Waals surface area contributed by atoms with Gasteiger partial charge in [0.25, 0.3) is 0 Å². The number of fused-ring (bicyclic) bond motifs is 1. The van der Waals surface area contributed by atoms with Crippen molar-refractivity contribution in [3.8, 4) is 5.75 Å². The number of hydrogen-bond donors (Lipinski definition) is 0. The normalized spacial score (nSPS) is 21.5. The van der Waals surface area contributed by atoms with Gasteiger partial charge >= 0.3 is 6.09 Å². The maximum Gasteiger partial charge on any atom is 0.409 e. The maximum atomic E-state index is 12.0. The predicted molar refractivity (Wildman–Crippen MR) is 108 cm³/mol. The summed E-state index contributed by atoms with van der Waals surface area (Å²) in [4.78, 5) is 18.9. The Hall–Kier alpha value is -2.04. The molecule has 2 aliphatic rings. The van der Waals surface area contributed by atoms with Gasteiger partial charge in [0.05, 0.1) is 18.4 Å². The fourth-order valence-electron chi connectivity index (χ4n) is 3.60. The van der Waals surface area contributed by atoms with E-state index in [1.165, 1.54) is 0 Å². The molecule has 0 saturated carbocycles. The molecule has 2 aliphatic heterocycles. The molecule has 1 spiro atoms. The minimum atomic E-state index is -0.284. The van der Waals surface area contributed by atoms with E-state index in [-0.39, 0.29) is 23.2 Å². The smallest absolute Gasteiger partial charge is 0.409 e. The summed E-state index contributed by atoms with van der Waals surface area (Å²) in [5.41, 5.74) is 2.06. The lowest BCUT2D eigenvalue weighted by Gasteiger charge is -2.44. The average Bonchev–Trinajstić information content (AvgIpc) is 2.61. The zero-order chi connectivity index (χ0) is 19.7. The second-order valence-corrected chi connectivity index (χ2v) is 8.76. The van der Waals surface area contributed by atoms with Gasteiger partial charge in [0.1, 0.15) is 11.4 Å². The number of ether oxygens (including phenoxy) is 2. The molecule has 148 valence electrons. The predicted octanol–water partition coefficient (Wildman–Crippen LogP) is 4.68. The van der Waals surface area contributed by atoms with Crippen LogP contribution >= 0.6 is 0 Å². The molecule has 1 saturated heterocycles. The van der Waals surface area contributed by atoms with E-state index in [9.17, 15) is 4.79 Å². The van der Waals surface area contributed by atoms with Crippen LogP contribution in [0.4, 0.5) is 4.79 Å². The number of hydrogen-bond acceptors (Lipinski definition) is 4. The lowest BCUT2D eigenvalue weighted by Crippen LogP contribution is -2.52. The highest BCUT2D eigenvalue weighted by molar-refractivity contribution is 6.04. The molecule has 5 heteroatoms. The second kappa shape index (κ2) is 7.53. The molecule has 0 bridgehead atoms. The van der Waals surface area contributed by atoms with Gasteiger partial charge < -0.3 is 14.4 Å². The lowest BCUT2D eigenvalue weighted by molar-refractivity contribution is 0.00211. The Morgan fingerprint density at radius 1 is 1.30 bits per heavy atom. The van der Waals surface area contributed by atoms with E-state index in [1.807, 2.05) is 25.1 Å². The van der Waals surface area contributed by atoms with Crippen molar-refractivity contribution in [3.05, 3.63) is 29.8 Å². The third-order valence-corrected chi connectivity index (χ3v) is 5.82. The monoisotopic (exact) mass is 372 g/mol. The van der Waals surface area contributed by atoms with Crippen molar-refractivity contribution in [2.45, 2.75) is 65.5 Å². The molecule has 1 amide bonds. The molecule has 5 nitrogen and oxygen atoms in total. The van der Waals surface area contributed by atoms with Gasteiger partial charge in [-0.05, 0) is 31.4 Å². The third kappa shape index (κ3) is 4.28. The van der Waals surface area contributed by atoms with Crippen LogP contribution in [-0.4, -0.2) is 48.0 Å². The number of carbonyl (C=O) groups is 1. The van der Waals surface area contributed by atoms with Crippen LogP contribution in [0.2, 0.25) is 0 Å². The van der Waals surface area contributed by atoms with E-state index in [0.717, 1.165) is 36.3 Å². The highest BCUT2D eigenvalue weighted by atomic mass is 16.6. The quantitative estimate of drug-likeness (QED) is 0.757. The van der Waals surface area contributed by atoms with Gasteiger partial charge in [-0.2, -0.15) is 0 Å². The highest BCUT2D eigenvalue weighted by Crippen LogP contribution is 2.40. The molecule has 3 rings (SSSR count). The van der Waals surface area contributed by atoms with E-state index >= 15 is 0 Å². The second-order valence-electron chi connectivity index (χ2n) is 8.76. The first kappa shape index (κ1) is 19.7. The number of amides is 1. The fourth-order valence-corrected chi connectivity index (χ4v) is 3.60. The van der Waals surface area contributed by atoms with Gasteiger partial charge in [0, 0.05) is 37.9 Å². The minimum Gasteiger partial charge on any atom is -0.486 e. The van der Waals surface area contributed by atoms with Gasteiger partial charge in [-0.25, -0.2) is 4.79 Å². The van der Waals surface area contributed by atoms with E-state index < -0.39 is 0 Å². The number of nitrogens with zero attached hydrogens (tertiary/aromatic N) is 2. The molecule has 2 heterocycles. The van der Waals surface area contributed by atoms with Crippen LogP contribution < -0.4 is 4.74 Å². The standard InChI is InChI=1S/C22H32N2O3/c1-6-26-20(25)24-13-11-22(12-14-24)15-18(23-16(2)21(3,4)5)17-9-7-8-10-19(17)27-22/h7-10,16H,6,11-15H2,1-5H3. The number of aliphatic imine (C=N–C) groups is 1. The van der Waals surface area contributed by atoms with E-state index in [2.05, 4.69) is 33.8 Å². The van der Waals surface area contributed by atoms with Crippen LogP contribution in [0.3, 0.4) is 0 Å². The Kier molecular flexibility index (Phi) is 5.50. The molecular formula is C22H32N2O3. The Balaban J connectivity index is 1.84. The number of rotatable bonds is 2. The first-order valence-corrected chi connectivity index (χ1v) is 10.0. The van der Waals surface area contributed by atoms with Crippen LogP contribution in [0.15, 0.2) is 29.3 Å². The summed E-state index contributed by atoms with van der Waals surface area (Å²) in [6.07, 6.45) is 2.16. The van der Waals surface area contributed by atoms with Crippen molar-refractivity contribution < 1.29 is 14.3 Å². The first-order valence-electron chi connectivity index (χ1n) is 10.0. The van der Waals surface area contributed by atoms with E-state index in [1.54, 1.807) is 4.90 Å². The number of benzene rings is 1. The van der Waals surface area contributed by atoms with Crippen molar-refractivity contribution in [2.75, 3.05) is 19.7 Å². The molecule has 0 radical (unpaired) electrons. The molecule has 1 fully saturated rings.